The largest absolute Gasteiger partial charge is 0.467 e. The van der Waals surface area contributed by atoms with Crippen LogP contribution in [0.15, 0.2) is 6.07 Å². The fraction of sp³-hybridized carbons (Fsp3) is 0.562. The number of fused-ring (bicyclic) bond motifs is 1. The number of esters is 1. The zero-order chi connectivity index (χ0) is 16.3. The third kappa shape index (κ3) is 3.34. The second kappa shape index (κ2) is 6.54. The van der Waals surface area contributed by atoms with E-state index in [9.17, 15) is 4.79 Å². The molecule has 0 fully saturated rings. The molecule has 0 spiro atoms. The van der Waals surface area contributed by atoms with Gasteiger partial charge in [-0.25, -0.2) is 4.79 Å². The Kier molecular flexibility index (Phi) is 4.93. The fourth-order valence-corrected chi connectivity index (χ4v) is 2.51. The van der Waals surface area contributed by atoms with Gasteiger partial charge >= 0.3 is 5.97 Å². The Morgan fingerprint density at radius 1 is 1.18 bits per heavy atom. The smallest absolute Gasteiger partial charge is 0.342 e. The van der Waals surface area contributed by atoms with Crippen molar-refractivity contribution in [3.05, 3.63) is 22.8 Å². The van der Waals surface area contributed by atoms with Gasteiger partial charge in [0.1, 0.15) is 22.7 Å². The number of hydrogen-bond donors (Lipinski definition) is 0. The maximum atomic E-state index is 12.4. The summed E-state index contributed by atoms with van der Waals surface area (Å²) >= 11 is 0. The molecule has 1 aromatic carbocycles. The molecule has 0 atom stereocenters. The van der Waals surface area contributed by atoms with E-state index in [-0.39, 0.29) is 13.6 Å². The van der Waals surface area contributed by atoms with Crippen molar-refractivity contribution in [2.24, 2.45) is 0 Å². The van der Waals surface area contributed by atoms with Gasteiger partial charge in [-0.15, -0.1) is 0 Å². The molecule has 0 bridgehead atoms. The summed E-state index contributed by atoms with van der Waals surface area (Å²) in [6.07, 6.45) is 0.584. The molecule has 0 unspecified atom stereocenters. The molecule has 6 nitrogen and oxygen atoms in total. The van der Waals surface area contributed by atoms with Gasteiger partial charge < -0.3 is 23.7 Å². The second-order valence-corrected chi connectivity index (χ2v) is 5.79. The van der Waals surface area contributed by atoms with Crippen LogP contribution in [0.1, 0.15) is 35.3 Å². The van der Waals surface area contributed by atoms with E-state index in [1.807, 2.05) is 26.8 Å². The second-order valence-electron chi connectivity index (χ2n) is 5.79. The van der Waals surface area contributed by atoms with Gasteiger partial charge in [-0.05, 0) is 32.4 Å². The molecular formula is C16H22O6. The summed E-state index contributed by atoms with van der Waals surface area (Å²) in [7, 11) is 3.07. The van der Waals surface area contributed by atoms with Gasteiger partial charge in [0.15, 0.2) is 13.6 Å². The summed E-state index contributed by atoms with van der Waals surface area (Å²) in [5.74, 6) is 0.668. The summed E-state index contributed by atoms with van der Waals surface area (Å²) in [5.41, 5.74) is 1.43. The number of methoxy groups -OCH3 is 2. The van der Waals surface area contributed by atoms with E-state index < -0.39 is 11.6 Å². The Hall–Kier alpha value is -1.79. The highest BCUT2D eigenvalue weighted by molar-refractivity contribution is 5.96. The number of carbonyl (C=O) groups is 1. The van der Waals surface area contributed by atoms with Crippen molar-refractivity contribution in [3.8, 4) is 11.5 Å². The lowest BCUT2D eigenvalue weighted by atomic mass is 9.89. The maximum Gasteiger partial charge on any atom is 0.342 e. The molecule has 0 radical (unpaired) electrons. The minimum atomic E-state index is -0.559. The van der Waals surface area contributed by atoms with Crippen molar-refractivity contribution in [1.82, 2.24) is 0 Å². The van der Waals surface area contributed by atoms with Crippen molar-refractivity contribution in [1.29, 1.82) is 0 Å². The molecule has 1 heterocycles. The van der Waals surface area contributed by atoms with Gasteiger partial charge in [0, 0.05) is 26.2 Å². The molecule has 0 saturated carbocycles. The molecule has 22 heavy (non-hydrogen) atoms. The summed E-state index contributed by atoms with van der Waals surface area (Å²) in [4.78, 5) is 12.4. The number of cyclic esters (lactones) is 1. The molecule has 6 heteroatoms. The number of carbonyl (C=O) groups excluding carboxylic acids is 1. The van der Waals surface area contributed by atoms with Crippen LogP contribution in [0.5, 0.6) is 11.5 Å². The Balaban J connectivity index is 2.52. The average molecular weight is 310 g/mol. The van der Waals surface area contributed by atoms with Crippen LogP contribution < -0.4 is 9.47 Å². The molecule has 1 aromatic rings. The van der Waals surface area contributed by atoms with E-state index in [0.29, 0.717) is 29.0 Å². The van der Waals surface area contributed by atoms with Gasteiger partial charge in [-0.3, -0.25) is 0 Å². The molecule has 0 N–H and O–H groups in total. The van der Waals surface area contributed by atoms with E-state index in [1.165, 1.54) is 7.11 Å². The summed E-state index contributed by atoms with van der Waals surface area (Å²) in [6, 6.07) is 1.85. The molecule has 1 aliphatic heterocycles. The lowest BCUT2D eigenvalue weighted by molar-refractivity contribution is -0.00829. The van der Waals surface area contributed by atoms with Crippen molar-refractivity contribution in [2.45, 2.75) is 32.8 Å². The van der Waals surface area contributed by atoms with E-state index in [0.717, 1.165) is 5.56 Å². The zero-order valence-corrected chi connectivity index (χ0v) is 13.6. The molecule has 1 aliphatic rings. The molecule has 0 saturated heterocycles. The third-order valence-electron chi connectivity index (χ3n) is 3.41. The van der Waals surface area contributed by atoms with Crippen LogP contribution in [-0.2, 0) is 20.6 Å². The minimum absolute atomic E-state index is 0.0394. The Morgan fingerprint density at radius 2 is 1.82 bits per heavy atom. The van der Waals surface area contributed by atoms with Crippen LogP contribution in [0, 0.1) is 6.92 Å². The molecule has 2 rings (SSSR count). The van der Waals surface area contributed by atoms with E-state index >= 15 is 0 Å². The highest BCUT2D eigenvalue weighted by atomic mass is 16.7. The summed E-state index contributed by atoms with van der Waals surface area (Å²) in [5, 5.41) is 0. The maximum absolute atomic E-state index is 12.4. The third-order valence-corrected chi connectivity index (χ3v) is 3.41. The Morgan fingerprint density at radius 3 is 2.45 bits per heavy atom. The van der Waals surface area contributed by atoms with Crippen LogP contribution in [0.4, 0.5) is 0 Å². The summed E-state index contributed by atoms with van der Waals surface area (Å²) in [6.45, 7) is 5.73. The molecular weight excluding hydrogens is 288 g/mol. The first-order valence-corrected chi connectivity index (χ1v) is 7.03. The van der Waals surface area contributed by atoms with Crippen LogP contribution in [0.3, 0.4) is 0 Å². The normalized spacial score (nSPS) is 16.0. The lowest BCUT2D eigenvalue weighted by Crippen LogP contribution is -2.36. The topological polar surface area (TPSA) is 63.2 Å². The van der Waals surface area contributed by atoms with Gasteiger partial charge in [0.05, 0.1) is 0 Å². The molecule has 0 aliphatic carbocycles. The Labute approximate surface area is 130 Å². The number of ether oxygens (including phenoxy) is 5. The summed E-state index contributed by atoms with van der Waals surface area (Å²) < 4.78 is 26.5. The average Bonchev–Trinajstić information content (AvgIpc) is 2.43. The predicted molar refractivity (Wildman–Crippen MR) is 79.4 cm³/mol. The lowest BCUT2D eigenvalue weighted by Gasteiger charge is -2.32. The molecule has 0 amide bonds. The zero-order valence-electron chi connectivity index (χ0n) is 13.6. The van der Waals surface area contributed by atoms with Crippen LogP contribution >= 0.6 is 0 Å². The van der Waals surface area contributed by atoms with Crippen LogP contribution in [0.2, 0.25) is 0 Å². The van der Waals surface area contributed by atoms with Gasteiger partial charge in [-0.1, -0.05) is 0 Å². The number of rotatable bonds is 6. The fourth-order valence-electron chi connectivity index (χ4n) is 2.51. The van der Waals surface area contributed by atoms with E-state index in [1.54, 1.807) is 7.11 Å². The highest BCUT2D eigenvalue weighted by Crippen LogP contribution is 2.40. The quantitative estimate of drug-likeness (QED) is 0.594. The van der Waals surface area contributed by atoms with Crippen molar-refractivity contribution < 1.29 is 28.5 Å². The number of hydrogen-bond acceptors (Lipinski definition) is 6. The molecule has 122 valence electrons. The van der Waals surface area contributed by atoms with Gasteiger partial charge in [-0.2, -0.15) is 0 Å². The van der Waals surface area contributed by atoms with Crippen molar-refractivity contribution in [2.75, 3.05) is 27.8 Å². The van der Waals surface area contributed by atoms with E-state index in [2.05, 4.69) is 0 Å². The molecule has 0 aromatic heterocycles. The van der Waals surface area contributed by atoms with Gasteiger partial charge in [0.2, 0.25) is 0 Å². The van der Waals surface area contributed by atoms with Gasteiger partial charge in [0.25, 0.3) is 0 Å². The number of benzene rings is 1. The van der Waals surface area contributed by atoms with Crippen molar-refractivity contribution in [3.63, 3.8) is 0 Å². The minimum Gasteiger partial charge on any atom is -0.467 e. The monoisotopic (exact) mass is 310 g/mol. The van der Waals surface area contributed by atoms with E-state index in [4.69, 9.17) is 23.7 Å². The van der Waals surface area contributed by atoms with Crippen LogP contribution in [-0.4, -0.2) is 39.4 Å². The standard InChI is InChI=1S/C16H22O6/c1-10-12(20-8-18-4)6-11-7-16(2,3)22-15(17)13(11)14(10)21-9-19-5/h6H,7-9H2,1-5H3. The SMILES string of the molecule is COCOc1cc2c(c(OCOC)c1C)C(=O)OC(C)(C)C2. The predicted octanol–water partition coefficient (Wildman–Crippen LogP) is 2.45. The van der Waals surface area contributed by atoms with Crippen LogP contribution in [0.25, 0.3) is 0 Å². The highest BCUT2D eigenvalue weighted by Gasteiger charge is 2.36. The Bertz CT molecular complexity index is 564. The first kappa shape index (κ1) is 16.6. The first-order valence-electron chi connectivity index (χ1n) is 7.03. The first-order chi connectivity index (χ1) is 10.4. The van der Waals surface area contributed by atoms with Crippen molar-refractivity contribution >= 4 is 5.97 Å².